The largest absolute Gasteiger partial charge is 0.444 e. The number of ether oxygens (including phenoxy) is 1. The van der Waals surface area contributed by atoms with Crippen molar-refractivity contribution in [2.45, 2.75) is 64.9 Å². The van der Waals surface area contributed by atoms with Crippen LogP contribution in [0.25, 0.3) is 0 Å². The van der Waals surface area contributed by atoms with Gasteiger partial charge in [0.1, 0.15) is 5.60 Å². The molecule has 0 aliphatic carbocycles. The maximum absolute atomic E-state index is 11.5. The highest BCUT2D eigenvalue weighted by molar-refractivity contribution is 5.67. The van der Waals surface area contributed by atoms with Gasteiger partial charge in [0.2, 0.25) is 0 Å². The fraction of sp³-hybridized carbons (Fsp3) is 0.632. The Morgan fingerprint density at radius 1 is 1.09 bits per heavy atom. The van der Waals surface area contributed by atoms with Crippen molar-refractivity contribution in [1.82, 2.24) is 5.32 Å². The van der Waals surface area contributed by atoms with Gasteiger partial charge in [-0.25, -0.2) is 4.79 Å². The van der Waals surface area contributed by atoms with Crippen LogP contribution in [0.4, 0.5) is 4.79 Å². The predicted molar refractivity (Wildman–Crippen MR) is 93.6 cm³/mol. The lowest BCUT2D eigenvalue weighted by Gasteiger charge is -2.19. The zero-order valence-corrected chi connectivity index (χ0v) is 14.7. The van der Waals surface area contributed by atoms with Crippen LogP contribution in [0.5, 0.6) is 0 Å². The fourth-order valence-corrected chi connectivity index (χ4v) is 2.36. The van der Waals surface area contributed by atoms with E-state index in [4.69, 9.17) is 9.84 Å². The van der Waals surface area contributed by atoms with Crippen LogP contribution in [-0.4, -0.2) is 30.0 Å². The molecule has 0 spiro atoms. The molecule has 0 saturated heterocycles. The van der Waals surface area contributed by atoms with Gasteiger partial charge in [-0.05, 0) is 64.0 Å². The van der Waals surface area contributed by atoms with E-state index in [-0.39, 0.29) is 12.7 Å². The minimum atomic E-state index is -0.450. The lowest BCUT2D eigenvalue weighted by atomic mass is 10.0. The van der Waals surface area contributed by atoms with E-state index in [9.17, 15) is 4.79 Å². The smallest absolute Gasteiger partial charge is 0.407 e. The van der Waals surface area contributed by atoms with Crippen molar-refractivity contribution < 1.29 is 14.6 Å². The van der Waals surface area contributed by atoms with Gasteiger partial charge >= 0.3 is 6.09 Å². The molecule has 0 aliphatic heterocycles. The summed E-state index contributed by atoms with van der Waals surface area (Å²) in [5.41, 5.74) is 2.20. The minimum absolute atomic E-state index is 0.282. The van der Waals surface area contributed by atoms with E-state index < -0.39 is 5.60 Å². The zero-order valence-electron chi connectivity index (χ0n) is 14.7. The zero-order chi connectivity index (χ0) is 17.1. The molecule has 130 valence electrons. The minimum Gasteiger partial charge on any atom is -0.444 e. The summed E-state index contributed by atoms with van der Waals surface area (Å²) in [6, 6.07) is 8.62. The summed E-state index contributed by atoms with van der Waals surface area (Å²) in [4.78, 5) is 11.5. The molecule has 1 aromatic carbocycles. The van der Waals surface area contributed by atoms with Crippen LogP contribution in [0.1, 0.15) is 57.6 Å². The highest BCUT2D eigenvalue weighted by atomic mass is 16.6. The van der Waals surface area contributed by atoms with E-state index in [2.05, 4.69) is 29.6 Å². The van der Waals surface area contributed by atoms with E-state index in [1.807, 2.05) is 20.8 Å². The van der Waals surface area contributed by atoms with Gasteiger partial charge in [-0.2, -0.15) is 0 Å². The van der Waals surface area contributed by atoms with Crippen molar-refractivity contribution in [3.63, 3.8) is 0 Å². The second kappa shape index (κ2) is 10.3. The van der Waals surface area contributed by atoms with Crippen LogP contribution in [-0.2, 0) is 17.6 Å². The number of benzene rings is 1. The predicted octanol–water partition coefficient (Wildman–Crippen LogP) is 3.85. The number of rotatable bonds is 9. The number of carbonyl (C=O) groups is 1. The molecule has 0 atom stereocenters. The van der Waals surface area contributed by atoms with Gasteiger partial charge in [0.15, 0.2) is 0 Å². The first-order valence-electron chi connectivity index (χ1n) is 8.56. The van der Waals surface area contributed by atoms with Crippen LogP contribution in [0.3, 0.4) is 0 Å². The Morgan fingerprint density at radius 3 is 2.35 bits per heavy atom. The van der Waals surface area contributed by atoms with Crippen LogP contribution >= 0.6 is 0 Å². The lowest BCUT2D eigenvalue weighted by Crippen LogP contribution is -2.33. The van der Waals surface area contributed by atoms with Gasteiger partial charge in [-0.3, -0.25) is 0 Å². The molecule has 4 heteroatoms. The quantitative estimate of drug-likeness (QED) is 0.679. The number of hydrogen-bond acceptors (Lipinski definition) is 3. The summed E-state index contributed by atoms with van der Waals surface area (Å²) in [5.74, 6) is 0. The normalized spacial score (nSPS) is 11.3. The summed E-state index contributed by atoms with van der Waals surface area (Å²) in [7, 11) is 0. The molecular formula is C19H31NO3. The Morgan fingerprint density at radius 2 is 1.74 bits per heavy atom. The Kier molecular flexibility index (Phi) is 8.70. The van der Waals surface area contributed by atoms with E-state index >= 15 is 0 Å². The Labute approximate surface area is 140 Å². The molecule has 0 unspecified atom stereocenters. The first kappa shape index (κ1) is 19.5. The van der Waals surface area contributed by atoms with E-state index in [1.165, 1.54) is 11.1 Å². The second-order valence-corrected chi connectivity index (χ2v) is 6.89. The molecule has 2 N–H and O–H groups in total. The van der Waals surface area contributed by atoms with Crippen LogP contribution < -0.4 is 5.32 Å². The first-order chi connectivity index (χ1) is 10.9. The van der Waals surface area contributed by atoms with Crippen molar-refractivity contribution in [2.24, 2.45) is 0 Å². The molecule has 0 fully saturated rings. The third kappa shape index (κ3) is 9.95. The molecule has 4 nitrogen and oxygen atoms in total. The molecule has 0 heterocycles. The monoisotopic (exact) mass is 321 g/mol. The summed E-state index contributed by atoms with van der Waals surface area (Å²) in [6.45, 7) is 6.48. The van der Waals surface area contributed by atoms with Crippen LogP contribution in [0.15, 0.2) is 24.3 Å². The van der Waals surface area contributed by atoms with Crippen LogP contribution in [0.2, 0.25) is 0 Å². The number of amides is 1. The molecule has 0 radical (unpaired) electrons. The summed E-state index contributed by atoms with van der Waals surface area (Å²) >= 11 is 0. The third-order valence-corrected chi connectivity index (χ3v) is 3.43. The second-order valence-electron chi connectivity index (χ2n) is 6.89. The molecule has 1 rings (SSSR count). The molecule has 1 amide bonds. The third-order valence-electron chi connectivity index (χ3n) is 3.43. The van der Waals surface area contributed by atoms with Crippen molar-refractivity contribution in [3.05, 3.63) is 35.4 Å². The number of aryl methyl sites for hydroxylation is 2. The fourth-order valence-electron chi connectivity index (χ4n) is 2.36. The Bertz CT molecular complexity index is 466. The molecule has 1 aromatic rings. The summed E-state index contributed by atoms with van der Waals surface area (Å²) < 4.78 is 5.21. The van der Waals surface area contributed by atoms with Crippen molar-refractivity contribution in [3.8, 4) is 0 Å². The molecule has 23 heavy (non-hydrogen) atoms. The maximum Gasteiger partial charge on any atom is 0.407 e. The number of hydrogen-bond donors (Lipinski definition) is 2. The molecule has 0 aromatic heterocycles. The van der Waals surface area contributed by atoms with Gasteiger partial charge in [0, 0.05) is 13.2 Å². The molecule has 0 aliphatic rings. The Hall–Kier alpha value is -1.55. The van der Waals surface area contributed by atoms with Crippen molar-refractivity contribution in [2.75, 3.05) is 13.2 Å². The summed E-state index contributed by atoms with van der Waals surface area (Å²) in [6.07, 6.45) is 5.62. The number of unbranched alkanes of at least 4 members (excludes halogenated alkanes) is 2. The standard InChI is InChI=1S/C19H31NO3/c1-19(2,3)23-18(22)20-13-8-12-17-11-7-10-16(15-17)9-5-4-6-14-21/h7,10-11,15,21H,4-6,8-9,12-14H2,1-3H3,(H,20,22). The average Bonchev–Trinajstić information content (AvgIpc) is 2.47. The van der Waals surface area contributed by atoms with Gasteiger partial charge in [-0.1, -0.05) is 30.7 Å². The molecule has 0 bridgehead atoms. The number of aliphatic hydroxyl groups is 1. The maximum atomic E-state index is 11.5. The number of alkyl carbamates (subject to hydrolysis) is 1. The lowest BCUT2D eigenvalue weighted by molar-refractivity contribution is 0.0527. The highest BCUT2D eigenvalue weighted by Gasteiger charge is 2.15. The van der Waals surface area contributed by atoms with Gasteiger partial charge in [0.05, 0.1) is 0 Å². The van der Waals surface area contributed by atoms with Gasteiger partial charge in [0.25, 0.3) is 0 Å². The van der Waals surface area contributed by atoms with Crippen molar-refractivity contribution in [1.29, 1.82) is 0 Å². The van der Waals surface area contributed by atoms with E-state index in [0.717, 1.165) is 38.5 Å². The number of carbonyl (C=O) groups excluding carboxylic acids is 1. The van der Waals surface area contributed by atoms with Gasteiger partial charge in [-0.15, -0.1) is 0 Å². The van der Waals surface area contributed by atoms with E-state index in [0.29, 0.717) is 6.54 Å². The molecule has 0 saturated carbocycles. The first-order valence-corrected chi connectivity index (χ1v) is 8.56. The topological polar surface area (TPSA) is 58.6 Å². The average molecular weight is 321 g/mol. The van der Waals surface area contributed by atoms with Crippen molar-refractivity contribution >= 4 is 6.09 Å². The highest BCUT2D eigenvalue weighted by Crippen LogP contribution is 2.11. The van der Waals surface area contributed by atoms with Gasteiger partial charge < -0.3 is 15.2 Å². The van der Waals surface area contributed by atoms with Crippen LogP contribution in [0, 0.1) is 0 Å². The Balaban J connectivity index is 2.25. The molecular weight excluding hydrogens is 290 g/mol. The SMILES string of the molecule is CC(C)(C)OC(=O)NCCCc1cccc(CCCCCO)c1. The number of aliphatic hydroxyl groups excluding tert-OH is 1. The summed E-state index contributed by atoms with van der Waals surface area (Å²) in [5, 5.41) is 11.6. The van der Waals surface area contributed by atoms with E-state index in [1.54, 1.807) is 0 Å². The number of nitrogens with one attached hydrogen (secondary N) is 1.